The summed E-state index contributed by atoms with van der Waals surface area (Å²) in [5.41, 5.74) is 1.22. The summed E-state index contributed by atoms with van der Waals surface area (Å²) in [7, 11) is 0. The highest BCUT2D eigenvalue weighted by Crippen LogP contribution is 2.39. The maximum Gasteiger partial charge on any atom is 0.413 e. The Bertz CT molecular complexity index is 1030. The van der Waals surface area contributed by atoms with E-state index in [0.29, 0.717) is 11.1 Å². The van der Waals surface area contributed by atoms with Gasteiger partial charge in [0.05, 0.1) is 6.26 Å². The maximum atomic E-state index is 14.2. The van der Waals surface area contributed by atoms with E-state index in [2.05, 4.69) is 5.32 Å². The number of hydrogen-bond donors (Lipinski definition) is 1. The molecule has 5 nitrogen and oxygen atoms in total. The topological polar surface area (TPSA) is 62.6 Å². The summed E-state index contributed by atoms with van der Waals surface area (Å²) in [6, 6.07) is 15.4. The molecule has 0 radical (unpaired) electrons. The average Bonchev–Trinajstić information content (AvgIpc) is 3.28. The van der Waals surface area contributed by atoms with E-state index in [1.54, 1.807) is 43.3 Å². The predicted octanol–water partition coefficient (Wildman–Crippen LogP) is 5.04. The molecule has 32 heavy (non-hydrogen) atoms. The van der Waals surface area contributed by atoms with Gasteiger partial charge in [0.1, 0.15) is 0 Å². The number of nitrogens with zero attached hydrogens (tertiary/aromatic N) is 1. The van der Waals surface area contributed by atoms with Gasteiger partial charge in [-0.05, 0) is 30.2 Å². The normalized spacial score (nSPS) is 12.2. The fraction of sp³-hybridized carbons (Fsp3) is 0.250. The summed E-state index contributed by atoms with van der Waals surface area (Å²) in [5.74, 6) is -1.20. The fourth-order valence-electron chi connectivity index (χ4n) is 3.41. The van der Waals surface area contributed by atoms with Crippen molar-refractivity contribution < 1.29 is 27.2 Å². The van der Waals surface area contributed by atoms with Crippen LogP contribution in [0.3, 0.4) is 0 Å². The molecular formula is C24H23F3N2O3. The molecule has 1 atom stereocenters. The largest absolute Gasteiger partial charge is 0.459 e. The number of aryl methyl sites for hydroxylation is 1. The predicted molar refractivity (Wildman–Crippen MR) is 113 cm³/mol. The third kappa shape index (κ3) is 6.00. The molecule has 168 valence electrons. The molecule has 3 aromatic rings. The number of benzene rings is 2. The minimum Gasteiger partial charge on any atom is -0.459 e. The molecule has 1 heterocycles. The molecule has 0 aliphatic rings. The molecule has 1 N–H and O–H groups in total. The van der Waals surface area contributed by atoms with Crippen LogP contribution in [-0.4, -0.2) is 29.4 Å². The molecule has 2 amide bonds. The molecule has 0 unspecified atom stereocenters. The Kier molecular flexibility index (Phi) is 7.35. The van der Waals surface area contributed by atoms with Gasteiger partial charge in [-0.2, -0.15) is 13.2 Å². The zero-order valence-electron chi connectivity index (χ0n) is 17.4. The number of halogens is 3. The average molecular weight is 444 g/mol. The Morgan fingerprint density at radius 1 is 1.03 bits per heavy atom. The van der Waals surface area contributed by atoms with Crippen molar-refractivity contribution >= 4 is 11.8 Å². The highest BCUT2D eigenvalue weighted by molar-refractivity contribution is 5.91. The summed E-state index contributed by atoms with van der Waals surface area (Å²) in [5, 5.41) is 2.50. The number of hydrogen-bond acceptors (Lipinski definition) is 3. The lowest BCUT2D eigenvalue weighted by Gasteiger charge is -2.34. The SMILES string of the molecule is Cc1cccc([C@@H](N(Cc2ccccc2)C(=O)CCNC(=O)c2ccco2)C(F)(F)F)c1. The van der Waals surface area contributed by atoms with Crippen molar-refractivity contribution in [2.24, 2.45) is 0 Å². The van der Waals surface area contributed by atoms with E-state index in [0.717, 1.165) is 4.90 Å². The first-order valence-electron chi connectivity index (χ1n) is 10.0. The van der Waals surface area contributed by atoms with Gasteiger partial charge < -0.3 is 14.6 Å². The fourth-order valence-corrected chi connectivity index (χ4v) is 3.41. The van der Waals surface area contributed by atoms with Crippen LogP contribution in [-0.2, 0) is 11.3 Å². The summed E-state index contributed by atoms with van der Waals surface area (Å²) >= 11 is 0. The second-order valence-corrected chi connectivity index (χ2v) is 7.35. The number of furan rings is 1. The molecule has 3 rings (SSSR count). The molecule has 1 aromatic heterocycles. The molecule has 2 aromatic carbocycles. The number of amides is 2. The molecule has 0 bridgehead atoms. The highest BCUT2D eigenvalue weighted by atomic mass is 19.4. The summed E-state index contributed by atoms with van der Waals surface area (Å²) in [6.07, 6.45) is -3.65. The van der Waals surface area contributed by atoms with Crippen LogP contribution in [0.4, 0.5) is 13.2 Å². The zero-order chi connectivity index (χ0) is 23.1. The number of carbonyl (C=O) groups is 2. The molecule has 0 saturated carbocycles. The lowest BCUT2D eigenvalue weighted by atomic mass is 10.0. The summed E-state index contributed by atoms with van der Waals surface area (Å²) < 4.78 is 47.6. The monoisotopic (exact) mass is 444 g/mol. The van der Waals surface area contributed by atoms with Gasteiger partial charge in [0.15, 0.2) is 11.8 Å². The smallest absolute Gasteiger partial charge is 0.413 e. The van der Waals surface area contributed by atoms with Crippen LogP contribution in [0.5, 0.6) is 0 Å². The van der Waals surface area contributed by atoms with Crippen LogP contribution >= 0.6 is 0 Å². The minimum atomic E-state index is -4.68. The second kappa shape index (κ2) is 10.2. The molecule has 0 fully saturated rings. The molecule has 8 heteroatoms. The van der Waals surface area contributed by atoms with Crippen molar-refractivity contribution in [3.05, 3.63) is 95.4 Å². The van der Waals surface area contributed by atoms with Gasteiger partial charge in [0.25, 0.3) is 5.91 Å². The summed E-state index contributed by atoms with van der Waals surface area (Å²) in [4.78, 5) is 25.8. The second-order valence-electron chi connectivity index (χ2n) is 7.35. The third-order valence-corrected chi connectivity index (χ3v) is 4.87. The van der Waals surface area contributed by atoms with Gasteiger partial charge in [0.2, 0.25) is 5.91 Å². The first-order chi connectivity index (χ1) is 15.3. The van der Waals surface area contributed by atoms with Crippen molar-refractivity contribution in [2.75, 3.05) is 6.54 Å². The van der Waals surface area contributed by atoms with E-state index in [-0.39, 0.29) is 30.8 Å². The highest BCUT2D eigenvalue weighted by Gasteiger charge is 2.46. The Hall–Kier alpha value is -3.55. The molecule has 0 aliphatic carbocycles. The van der Waals surface area contributed by atoms with Crippen LogP contribution in [0, 0.1) is 6.92 Å². The van der Waals surface area contributed by atoms with Crippen molar-refractivity contribution in [1.82, 2.24) is 10.2 Å². The number of nitrogens with one attached hydrogen (secondary N) is 1. The van der Waals surface area contributed by atoms with Crippen LogP contribution in [0.2, 0.25) is 0 Å². The standard InChI is InChI=1S/C24H23F3N2O3/c1-17-7-5-10-19(15-17)22(24(25,26)27)29(16-18-8-3-2-4-9-18)21(30)12-13-28-23(31)20-11-6-14-32-20/h2-11,14-15,22H,12-13,16H2,1H3,(H,28,31)/t22-/m1/s1. The van der Waals surface area contributed by atoms with E-state index in [9.17, 15) is 22.8 Å². The Morgan fingerprint density at radius 3 is 2.41 bits per heavy atom. The zero-order valence-corrected chi connectivity index (χ0v) is 17.4. The number of carbonyl (C=O) groups excluding carboxylic acids is 2. The van der Waals surface area contributed by atoms with Crippen LogP contribution in [0.1, 0.15) is 39.7 Å². The first-order valence-corrected chi connectivity index (χ1v) is 10.0. The van der Waals surface area contributed by atoms with Crippen LogP contribution in [0.25, 0.3) is 0 Å². The van der Waals surface area contributed by atoms with E-state index in [4.69, 9.17) is 4.42 Å². The van der Waals surface area contributed by atoms with Gasteiger partial charge >= 0.3 is 6.18 Å². The molecular weight excluding hydrogens is 421 g/mol. The van der Waals surface area contributed by atoms with Crippen LogP contribution < -0.4 is 5.32 Å². The number of rotatable bonds is 8. The van der Waals surface area contributed by atoms with E-state index >= 15 is 0 Å². The Balaban J connectivity index is 1.84. The Labute approximate surface area is 183 Å². The summed E-state index contributed by atoms with van der Waals surface area (Å²) in [6.45, 7) is 1.36. The number of alkyl halides is 3. The van der Waals surface area contributed by atoms with Gasteiger partial charge in [-0.25, -0.2) is 0 Å². The van der Waals surface area contributed by atoms with Gasteiger partial charge in [-0.3, -0.25) is 9.59 Å². The van der Waals surface area contributed by atoms with E-state index in [1.807, 2.05) is 0 Å². The van der Waals surface area contributed by atoms with Gasteiger partial charge in [0, 0.05) is 19.5 Å². The van der Waals surface area contributed by atoms with E-state index in [1.165, 1.54) is 36.6 Å². The van der Waals surface area contributed by atoms with Crippen molar-refractivity contribution in [3.8, 4) is 0 Å². The van der Waals surface area contributed by atoms with Gasteiger partial charge in [-0.1, -0.05) is 60.2 Å². The lowest BCUT2D eigenvalue weighted by molar-refractivity contribution is -0.193. The van der Waals surface area contributed by atoms with Gasteiger partial charge in [-0.15, -0.1) is 0 Å². The first kappa shape index (κ1) is 23.1. The third-order valence-electron chi connectivity index (χ3n) is 4.87. The maximum absolute atomic E-state index is 14.2. The Morgan fingerprint density at radius 2 is 1.78 bits per heavy atom. The lowest BCUT2D eigenvalue weighted by Crippen LogP contribution is -2.43. The minimum absolute atomic E-state index is 0.0126. The molecule has 0 spiro atoms. The quantitative estimate of drug-likeness (QED) is 0.530. The molecule has 0 saturated heterocycles. The van der Waals surface area contributed by atoms with Crippen LogP contribution in [0.15, 0.2) is 77.4 Å². The van der Waals surface area contributed by atoms with E-state index < -0.39 is 24.0 Å². The van der Waals surface area contributed by atoms with Crippen molar-refractivity contribution in [1.29, 1.82) is 0 Å². The van der Waals surface area contributed by atoms with Crippen molar-refractivity contribution in [3.63, 3.8) is 0 Å². The molecule has 0 aliphatic heterocycles. The van der Waals surface area contributed by atoms with Crippen molar-refractivity contribution in [2.45, 2.75) is 32.1 Å².